The molecule has 0 radical (unpaired) electrons. The van der Waals surface area contributed by atoms with E-state index in [4.69, 9.17) is 0 Å². The lowest BCUT2D eigenvalue weighted by Gasteiger charge is -2.31. The van der Waals surface area contributed by atoms with Gasteiger partial charge < -0.3 is 0 Å². The van der Waals surface area contributed by atoms with E-state index < -0.39 is 0 Å². The number of fused-ring (bicyclic) bond motifs is 14. The highest BCUT2D eigenvalue weighted by atomic mass is 14.5. The van der Waals surface area contributed by atoms with E-state index in [1.807, 2.05) is 0 Å². The molecule has 0 bridgehead atoms. The molecule has 0 N–H and O–H groups in total. The lowest BCUT2D eigenvalue weighted by Crippen LogP contribution is -2.26. The maximum atomic E-state index is 2.48. The van der Waals surface area contributed by atoms with Gasteiger partial charge in [-0.15, -0.1) is 0 Å². The number of aryl methyl sites for hydroxylation is 1. The Morgan fingerprint density at radius 2 is 0.950 bits per heavy atom. The molecule has 2 aliphatic carbocycles. The third-order valence-electron chi connectivity index (χ3n) is 9.32. The molecule has 0 heteroatoms. The van der Waals surface area contributed by atoms with E-state index in [1.54, 1.807) is 0 Å². The molecule has 1 spiro atoms. The van der Waals surface area contributed by atoms with Gasteiger partial charge in [-0.2, -0.15) is 0 Å². The van der Waals surface area contributed by atoms with Crippen molar-refractivity contribution in [1.29, 1.82) is 0 Å². The van der Waals surface area contributed by atoms with Crippen LogP contribution in [0.25, 0.3) is 54.9 Å². The van der Waals surface area contributed by atoms with Gasteiger partial charge in [0.1, 0.15) is 0 Å². The Balaban J connectivity index is 1.51. The molecule has 186 valence electrons. The minimum absolute atomic E-state index is 0.375. The predicted octanol–water partition coefficient (Wildman–Crippen LogP) is 10.3. The second kappa shape index (κ2) is 7.81. The van der Waals surface area contributed by atoms with Crippen LogP contribution >= 0.6 is 0 Å². The minimum Gasteiger partial charge on any atom is -0.0622 e. The zero-order chi connectivity index (χ0) is 26.4. The highest BCUT2D eigenvalue weighted by Gasteiger charge is 2.52. The Bertz CT molecular complexity index is 2080. The molecule has 7 aromatic carbocycles. The van der Waals surface area contributed by atoms with Gasteiger partial charge >= 0.3 is 0 Å². The smallest absolute Gasteiger partial charge is 0.0622 e. The zero-order valence-corrected chi connectivity index (χ0v) is 22.3. The second-order valence-corrected chi connectivity index (χ2v) is 11.3. The third-order valence-corrected chi connectivity index (χ3v) is 9.32. The molecule has 2 aliphatic rings. The summed E-state index contributed by atoms with van der Waals surface area (Å²) in [4.78, 5) is 0. The van der Waals surface area contributed by atoms with Crippen molar-refractivity contribution in [3.05, 3.63) is 167 Å². The van der Waals surface area contributed by atoms with E-state index in [9.17, 15) is 0 Å². The summed E-state index contributed by atoms with van der Waals surface area (Å²) in [5, 5.41) is 5.24. The van der Waals surface area contributed by atoms with Crippen molar-refractivity contribution in [3.63, 3.8) is 0 Å². The van der Waals surface area contributed by atoms with Gasteiger partial charge in [0.25, 0.3) is 0 Å². The van der Waals surface area contributed by atoms with E-state index in [0.717, 1.165) is 0 Å². The summed E-state index contributed by atoms with van der Waals surface area (Å²) in [7, 11) is 0. The standard InChI is InChI=1S/C40H26/c1-25-15-19-32-33-20-16-29(26-9-3-2-4-10-26)24-37(33)40(36(32)23-25)34-21-17-27-11-5-7-13-30(27)38(34)39-31-14-8-6-12-28(31)18-22-35(39)40/h2-24H,1H3. The maximum absolute atomic E-state index is 2.48. The van der Waals surface area contributed by atoms with Gasteiger partial charge in [-0.3, -0.25) is 0 Å². The molecule has 0 fully saturated rings. The fourth-order valence-corrected chi connectivity index (χ4v) is 7.68. The van der Waals surface area contributed by atoms with Crippen LogP contribution in [-0.2, 0) is 5.41 Å². The maximum Gasteiger partial charge on any atom is 0.0726 e. The number of rotatable bonds is 1. The van der Waals surface area contributed by atoms with Crippen LogP contribution in [0.5, 0.6) is 0 Å². The Kier molecular flexibility index (Phi) is 4.28. The Morgan fingerprint density at radius 3 is 1.60 bits per heavy atom. The number of hydrogen-bond donors (Lipinski definition) is 0. The summed E-state index contributed by atoms with van der Waals surface area (Å²) in [6, 6.07) is 52.3. The summed E-state index contributed by atoms with van der Waals surface area (Å²) < 4.78 is 0. The molecule has 40 heavy (non-hydrogen) atoms. The first-order valence-corrected chi connectivity index (χ1v) is 14.1. The third kappa shape index (κ3) is 2.66. The van der Waals surface area contributed by atoms with Crippen LogP contribution in [0, 0.1) is 6.92 Å². The summed E-state index contributed by atoms with van der Waals surface area (Å²) in [6.07, 6.45) is 0. The first-order chi connectivity index (χ1) is 19.7. The zero-order valence-electron chi connectivity index (χ0n) is 22.3. The molecule has 0 atom stereocenters. The minimum atomic E-state index is -0.375. The van der Waals surface area contributed by atoms with Crippen LogP contribution in [0.1, 0.15) is 27.8 Å². The Hall–Kier alpha value is -4.94. The topological polar surface area (TPSA) is 0 Å². The average molecular weight is 507 g/mol. The van der Waals surface area contributed by atoms with Crippen molar-refractivity contribution >= 4 is 21.5 Å². The van der Waals surface area contributed by atoms with Crippen LogP contribution in [0.2, 0.25) is 0 Å². The van der Waals surface area contributed by atoms with Crippen LogP contribution < -0.4 is 0 Å². The SMILES string of the molecule is Cc1ccc2c(c1)C1(c3cc(-c4ccccc4)ccc3-2)c2ccc3ccccc3c2-c2c1ccc1ccccc21. The second-order valence-electron chi connectivity index (χ2n) is 11.3. The van der Waals surface area contributed by atoms with Crippen LogP contribution in [0.4, 0.5) is 0 Å². The van der Waals surface area contributed by atoms with Gasteiger partial charge in [0, 0.05) is 0 Å². The summed E-state index contributed by atoms with van der Waals surface area (Å²) in [6.45, 7) is 2.23. The largest absolute Gasteiger partial charge is 0.0726 e. The molecule has 0 unspecified atom stereocenters. The van der Waals surface area contributed by atoms with Gasteiger partial charge in [0.05, 0.1) is 5.41 Å². The lowest BCUT2D eigenvalue weighted by atomic mass is 9.69. The van der Waals surface area contributed by atoms with Crippen molar-refractivity contribution in [3.8, 4) is 33.4 Å². The molecule has 0 saturated carbocycles. The Morgan fingerprint density at radius 1 is 0.400 bits per heavy atom. The van der Waals surface area contributed by atoms with E-state index in [0.29, 0.717) is 0 Å². The first-order valence-electron chi connectivity index (χ1n) is 14.1. The molecule has 0 heterocycles. The quantitative estimate of drug-likeness (QED) is 0.208. The van der Waals surface area contributed by atoms with Crippen molar-refractivity contribution in [2.75, 3.05) is 0 Å². The molecule has 0 amide bonds. The van der Waals surface area contributed by atoms with Crippen LogP contribution in [0.3, 0.4) is 0 Å². The summed E-state index contributed by atoms with van der Waals surface area (Å²) >= 11 is 0. The Labute approximate surface area is 234 Å². The fraction of sp³-hybridized carbons (Fsp3) is 0.0500. The molecule has 0 aromatic heterocycles. The summed E-state index contributed by atoms with van der Waals surface area (Å²) in [5.41, 5.74) is 14.5. The average Bonchev–Trinajstić information content (AvgIpc) is 3.48. The van der Waals surface area contributed by atoms with E-state index in [-0.39, 0.29) is 5.41 Å². The molecule has 0 aliphatic heterocycles. The highest BCUT2D eigenvalue weighted by Crippen LogP contribution is 2.65. The van der Waals surface area contributed by atoms with Crippen molar-refractivity contribution < 1.29 is 0 Å². The monoisotopic (exact) mass is 506 g/mol. The molecule has 0 saturated heterocycles. The highest BCUT2D eigenvalue weighted by molar-refractivity contribution is 6.13. The van der Waals surface area contributed by atoms with Crippen molar-refractivity contribution in [2.45, 2.75) is 12.3 Å². The molecular weight excluding hydrogens is 480 g/mol. The molecule has 0 nitrogen and oxygen atoms in total. The van der Waals surface area contributed by atoms with Crippen LogP contribution in [-0.4, -0.2) is 0 Å². The number of benzene rings is 7. The lowest BCUT2D eigenvalue weighted by molar-refractivity contribution is 0.794. The van der Waals surface area contributed by atoms with Crippen molar-refractivity contribution in [1.82, 2.24) is 0 Å². The predicted molar refractivity (Wildman–Crippen MR) is 168 cm³/mol. The van der Waals surface area contributed by atoms with Crippen LogP contribution in [0.15, 0.2) is 140 Å². The molecule has 9 rings (SSSR count). The van der Waals surface area contributed by atoms with Gasteiger partial charge in [0.2, 0.25) is 0 Å². The normalized spacial score (nSPS) is 13.8. The number of hydrogen-bond acceptors (Lipinski definition) is 0. The van der Waals surface area contributed by atoms with E-state index >= 15 is 0 Å². The van der Waals surface area contributed by atoms with Gasteiger partial charge in [-0.25, -0.2) is 0 Å². The fourth-order valence-electron chi connectivity index (χ4n) is 7.68. The first kappa shape index (κ1) is 21.9. The van der Waals surface area contributed by atoms with Gasteiger partial charge in [-0.05, 0) is 90.2 Å². The van der Waals surface area contributed by atoms with E-state index in [2.05, 4.69) is 146 Å². The van der Waals surface area contributed by atoms with Gasteiger partial charge in [0.15, 0.2) is 0 Å². The molecule has 7 aromatic rings. The van der Waals surface area contributed by atoms with Gasteiger partial charge in [-0.1, -0.05) is 139 Å². The van der Waals surface area contributed by atoms with Crippen molar-refractivity contribution in [2.24, 2.45) is 0 Å². The van der Waals surface area contributed by atoms with E-state index in [1.165, 1.54) is 82.7 Å². The molecular formula is C40H26. The summed E-state index contributed by atoms with van der Waals surface area (Å²) in [5.74, 6) is 0.